The molecule has 0 fully saturated rings. The number of halogens is 2. The van der Waals surface area contributed by atoms with Gasteiger partial charge in [0.15, 0.2) is 0 Å². The van der Waals surface area contributed by atoms with Gasteiger partial charge < -0.3 is 0 Å². The molecule has 5 heteroatoms. The van der Waals surface area contributed by atoms with Gasteiger partial charge >= 0.3 is 0 Å². The van der Waals surface area contributed by atoms with Crippen molar-refractivity contribution in [2.45, 2.75) is 6.92 Å². The fraction of sp³-hybridized carbons (Fsp3) is 0.0909. The third-order valence-corrected chi connectivity index (χ3v) is 5.30. The number of hydrogen-bond acceptors (Lipinski definition) is 3. The predicted octanol–water partition coefficient (Wildman–Crippen LogP) is 4.21. The molecule has 2 aromatic rings. The Morgan fingerprint density at radius 2 is 2.12 bits per heavy atom. The number of carbonyl (C=O) groups excluding carboxylic acids is 1. The summed E-state index contributed by atoms with van der Waals surface area (Å²) in [5, 5.41) is 0. The monoisotopic (exact) mass is 359 g/mol. The van der Waals surface area contributed by atoms with Gasteiger partial charge in [-0.2, -0.15) is 0 Å². The zero-order valence-electron chi connectivity index (χ0n) is 8.33. The van der Waals surface area contributed by atoms with Crippen LogP contribution in [0.15, 0.2) is 32.7 Å². The topological polar surface area (TPSA) is 30.0 Å². The maximum atomic E-state index is 12.1. The third-order valence-electron chi connectivity index (χ3n) is 2.04. The molecule has 0 aliphatic rings. The van der Waals surface area contributed by atoms with E-state index in [0.717, 1.165) is 14.0 Å². The Morgan fingerprint density at radius 1 is 1.38 bits per heavy atom. The van der Waals surface area contributed by atoms with E-state index in [1.54, 1.807) is 12.3 Å². The molecular weight excluding hydrogens is 354 g/mol. The highest BCUT2D eigenvalue weighted by molar-refractivity contribution is 9.13. The summed E-state index contributed by atoms with van der Waals surface area (Å²) in [6.45, 7) is 1.90. The molecule has 0 atom stereocenters. The van der Waals surface area contributed by atoms with Gasteiger partial charge in [0, 0.05) is 21.9 Å². The Balaban J connectivity index is 2.35. The minimum Gasteiger partial charge on any atom is -0.288 e. The molecule has 0 spiro atoms. The maximum Gasteiger partial charge on any atom is 0.204 e. The fourth-order valence-electron chi connectivity index (χ4n) is 1.20. The molecule has 0 amide bonds. The molecule has 2 heterocycles. The van der Waals surface area contributed by atoms with Crippen LogP contribution in [0.1, 0.15) is 20.9 Å². The minimum atomic E-state index is 0.00361. The molecule has 0 saturated carbocycles. The van der Waals surface area contributed by atoms with Gasteiger partial charge in [-0.25, -0.2) is 0 Å². The van der Waals surface area contributed by atoms with E-state index in [0.29, 0.717) is 10.4 Å². The van der Waals surface area contributed by atoms with Crippen molar-refractivity contribution in [3.8, 4) is 0 Å². The molecule has 0 unspecified atom stereocenters. The minimum absolute atomic E-state index is 0.00361. The smallest absolute Gasteiger partial charge is 0.204 e. The molecule has 0 aromatic carbocycles. The Labute approximate surface area is 114 Å². The zero-order chi connectivity index (χ0) is 11.7. The SMILES string of the molecule is Cc1ccc(C(=O)c2cc(Br)c(Br)s2)cn1. The van der Waals surface area contributed by atoms with Crippen molar-refractivity contribution in [3.05, 3.63) is 48.8 Å². The maximum absolute atomic E-state index is 12.1. The van der Waals surface area contributed by atoms with Gasteiger partial charge in [0.2, 0.25) is 5.78 Å². The van der Waals surface area contributed by atoms with E-state index in [1.807, 2.05) is 19.1 Å². The fourth-order valence-corrected chi connectivity index (χ4v) is 3.20. The molecule has 0 radical (unpaired) electrons. The number of rotatable bonds is 2. The number of thiophene rings is 1. The van der Waals surface area contributed by atoms with Crippen molar-refractivity contribution in [1.82, 2.24) is 4.98 Å². The van der Waals surface area contributed by atoms with E-state index in [2.05, 4.69) is 36.8 Å². The Kier molecular flexibility index (Phi) is 3.56. The van der Waals surface area contributed by atoms with Gasteiger partial charge in [0.1, 0.15) is 0 Å². The third kappa shape index (κ3) is 2.42. The summed E-state index contributed by atoms with van der Waals surface area (Å²) < 4.78 is 1.83. The van der Waals surface area contributed by atoms with Gasteiger partial charge in [-0.3, -0.25) is 9.78 Å². The largest absolute Gasteiger partial charge is 0.288 e. The van der Waals surface area contributed by atoms with Crippen LogP contribution in [0.5, 0.6) is 0 Å². The van der Waals surface area contributed by atoms with Gasteiger partial charge in [-0.15, -0.1) is 11.3 Å². The van der Waals surface area contributed by atoms with Crippen LogP contribution < -0.4 is 0 Å². The van der Waals surface area contributed by atoms with E-state index in [-0.39, 0.29) is 5.78 Å². The summed E-state index contributed by atoms with van der Waals surface area (Å²) in [5.41, 5.74) is 1.52. The number of aromatic nitrogens is 1. The van der Waals surface area contributed by atoms with Crippen LogP contribution in [0.25, 0.3) is 0 Å². The first-order chi connectivity index (χ1) is 7.58. The van der Waals surface area contributed by atoms with Crippen molar-refractivity contribution < 1.29 is 4.79 Å². The second-order valence-corrected chi connectivity index (χ2v) is 6.47. The number of nitrogens with zero attached hydrogens (tertiary/aromatic N) is 1. The summed E-state index contributed by atoms with van der Waals surface area (Å²) in [6, 6.07) is 5.45. The first kappa shape index (κ1) is 12.0. The average molecular weight is 361 g/mol. The van der Waals surface area contributed by atoms with Gasteiger partial charge in [-0.05, 0) is 57.0 Å². The Morgan fingerprint density at radius 3 is 2.62 bits per heavy atom. The molecule has 0 aliphatic carbocycles. The molecular formula is C11H7Br2NOS. The lowest BCUT2D eigenvalue weighted by Crippen LogP contribution is -1.99. The Hall–Kier alpha value is -0.520. The standard InChI is InChI=1S/C11H7Br2NOS/c1-6-2-3-7(5-14-6)10(15)9-4-8(12)11(13)16-9/h2-5H,1H3. The van der Waals surface area contributed by atoms with E-state index < -0.39 is 0 Å². The molecule has 82 valence electrons. The van der Waals surface area contributed by atoms with Crippen molar-refractivity contribution in [2.75, 3.05) is 0 Å². The summed E-state index contributed by atoms with van der Waals surface area (Å²) in [4.78, 5) is 16.9. The number of ketones is 1. The van der Waals surface area contributed by atoms with Crippen LogP contribution in [0, 0.1) is 6.92 Å². The normalized spacial score (nSPS) is 10.4. The van der Waals surface area contributed by atoms with Crippen molar-refractivity contribution in [1.29, 1.82) is 0 Å². The second kappa shape index (κ2) is 4.77. The van der Waals surface area contributed by atoms with Crippen molar-refractivity contribution >= 4 is 49.0 Å². The number of pyridine rings is 1. The lowest BCUT2D eigenvalue weighted by atomic mass is 10.1. The van der Waals surface area contributed by atoms with E-state index in [1.165, 1.54) is 11.3 Å². The van der Waals surface area contributed by atoms with E-state index >= 15 is 0 Å². The number of aryl methyl sites for hydroxylation is 1. The second-order valence-electron chi connectivity index (χ2n) is 3.25. The number of hydrogen-bond donors (Lipinski definition) is 0. The van der Waals surface area contributed by atoms with Gasteiger partial charge in [-0.1, -0.05) is 0 Å². The van der Waals surface area contributed by atoms with E-state index in [9.17, 15) is 4.79 Å². The lowest BCUT2D eigenvalue weighted by Gasteiger charge is -1.97. The van der Waals surface area contributed by atoms with Crippen LogP contribution in [-0.4, -0.2) is 10.8 Å². The molecule has 2 rings (SSSR count). The molecule has 0 N–H and O–H groups in total. The predicted molar refractivity (Wildman–Crippen MR) is 72.1 cm³/mol. The van der Waals surface area contributed by atoms with Crippen LogP contribution in [0.3, 0.4) is 0 Å². The highest BCUT2D eigenvalue weighted by Gasteiger charge is 2.14. The summed E-state index contributed by atoms with van der Waals surface area (Å²) in [7, 11) is 0. The van der Waals surface area contributed by atoms with Crippen LogP contribution >= 0.6 is 43.2 Å². The molecule has 0 saturated heterocycles. The van der Waals surface area contributed by atoms with Crippen LogP contribution in [0.4, 0.5) is 0 Å². The van der Waals surface area contributed by atoms with Crippen LogP contribution in [-0.2, 0) is 0 Å². The highest BCUT2D eigenvalue weighted by Crippen LogP contribution is 2.33. The van der Waals surface area contributed by atoms with Crippen molar-refractivity contribution in [2.24, 2.45) is 0 Å². The molecule has 2 nitrogen and oxygen atoms in total. The van der Waals surface area contributed by atoms with Crippen molar-refractivity contribution in [3.63, 3.8) is 0 Å². The first-order valence-electron chi connectivity index (χ1n) is 4.50. The average Bonchev–Trinajstić information content (AvgIpc) is 2.59. The van der Waals surface area contributed by atoms with E-state index in [4.69, 9.17) is 0 Å². The quantitative estimate of drug-likeness (QED) is 0.751. The summed E-state index contributed by atoms with van der Waals surface area (Å²) in [6.07, 6.45) is 1.61. The molecule has 2 aromatic heterocycles. The Bertz CT molecular complexity index is 514. The van der Waals surface area contributed by atoms with Gasteiger partial charge in [0.25, 0.3) is 0 Å². The molecule has 0 aliphatic heterocycles. The molecule has 0 bridgehead atoms. The lowest BCUT2D eigenvalue weighted by molar-refractivity contribution is 0.104. The number of carbonyl (C=O) groups is 1. The zero-order valence-corrected chi connectivity index (χ0v) is 12.3. The van der Waals surface area contributed by atoms with Crippen LogP contribution in [0.2, 0.25) is 0 Å². The first-order valence-corrected chi connectivity index (χ1v) is 6.90. The highest BCUT2D eigenvalue weighted by atomic mass is 79.9. The molecule has 16 heavy (non-hydrogen) atoms. The van der Waals surface area contributed by atoms with Gasteiger partial charge in [0.05, 0.1) is 8.66 Å². The summed E-state index contributed by atoms with van der Waals surface area (Å²) in [5.74, 6) is 0.00361. The summed E-state index contributed by atoms with van der Waals surface area (Å²) >= 11 is 8.15.